The first-order valence-corrected chi connectivity index (χ1v) is 6.40. The first-order chi connectivity index (χ1) is 9.06. The number of methoxy groups -OCH3 is 1. The molecule has 0 aromatic heterocycles. The first-order valence-electron chi connectivity index (χ1n) is 6.40. The summed E-state index contributed by atoms with van der Waals surface area (Å²) in [6, 6.07) is 5.87. The van der Waals surface area contributed by atoms with E-state index in [2.05, 4.69) is 5.32 Å². The highest BCUT2D eigenvalue weighted by Gasteiger charge is 2.11. The van der Waals surface area contributed by atoms with Gasteiger partial charge in [0.05, 0.1) is 13.7 Å². The third kappa shape index (κ3) is 5.53. The van der Waals surface area contributed by atoms with Crippen molar-refractivity contribution >= 4 is 0 Å². The Bertz CT molecular complexity index is 386. The lowest BCUT2D eigenvalue weighted by Gasteiger charge is -2.18. The van der Waals surface area contributed by atoms with Gasteiger partial charge in [0, 0.05) is 18.7 Å². The molecule has 5 heteroatoms. The van der Waals surface area contributed by atoms with Crippen LogP contribution >= 0.6 is 0 Å². The van der Waals surface area contributed by atoms with Gasteiger partial charge in [-0.05, 0) is 31.3 Å². The number of hydrogen-bond acceptors (Lipinski definition) is 3. The molecule has 3 nitrogen and oxygen atoms in total. The van der Waals surface area contributed by atoms with Gasteiger partial charge < -0.3 is 10.1 Å². The largest absolute Gasteiger partial charge is 0.496 e. The summed E-state index contributed by atoms with van der Waals surface area (Å²) in [5.41, 5.74) is 2.06. The number of halogens is 2. The van der Waals surface area contributed by atoms with Crippen molar-refractivity contribution in [1.29, 1.82) is 0 Å². The predicted octanol–water partition coefficient (Wildman–Crippen LogP) is 2.50. The Kier molecular flexibility index (Phi) is 6.73. The molecule has 0 aliphatic carbocycles. The molecule has 1 aromatic carbocycles. The SMILES string of the molecule is CCNCc1ccc(OC)c(CN(C)CC(F)F)c1. The van der Waals surface area contributed by atoms with E-state index in [0.29, 0.717) is 6.54 Å². The van der Waals surface area contributed by atoms with Crippen molar-refractivity contribution in [2.75, 3.05) is 27.2 Å². The Labute approximate surface area is 113 Å². The standard InChI is InChI=1S/C14H22F2N2O/c1-4-17-8-11-5-6-13(19-3)12(7-11)9-18(2)10-14(15)16/h5-7,14,17H,4,8-10H2,1-3H3. The van der Waals surface area contributed by atoms with Gasteiger partial charge >= 0.3 is 0 Å². The highest BCUT2D eigenvalue weighted by atomic mass is 19.3. The Balaban J connectivity index is 2.77. The summed E-state index contributed by atoms with van der Waals surface area (Å²) >= 11 is 0. The molecule has 0 spiro atoms. The quantitative estimate of drug-likeness (QED) is 0.787. The second-order valence-corrected chi connectivity index (χ2v) is 4.51. The van der Waals surface area contributed by atoms with Crippen LogP contribution in [-0.2, 0) is 13.1 Å². The molecule has 0 fully saturated rings. The number of rotatable bonds is 8. The van der Waals surface area contributed by atoms with E-state index in [1.54, 1.807) is 19.1 Å². The molecule has 0 aliphatic heterocycles. The zero-order valence-corrected chi connectivity index (χ0v) is 11.7. The first kappa shape index (κ1) is 15.9. The van der Waals surface area contributed by atoms with Crippen molar-refractivity contribution in [2.24, 2.45) is 0 Å². The lowest BCUT2D eigenvalue weighted by atomic mass is 10.1. The van der Waals surface area contributed by atoms with E-state index in [-0.39, 0.29) is 6.54 Å². The molecule has 19 heavy (non-hydrogen) atoms. The molecule has 0 saturated heterocycles. The molecule has 1 N–H and O–H groups in total. The van der Waals surface area contributed by atoms with Crippen LogP contribution in [0.25, 0.3) is 0 Å². The number of alkyl halides is 2. The summed E-state index contributed by atoms with van der Waals surface area (Å²) in [7, 11) is 3.28. The molecule has 0 amide bonds. The number of nitrogens with one attached hydrogen (secondary N) is 1. The summed E-state index contributed by atoms with van der Waals surface area (Å²) in [6.45, 7) is 3.92. The van der Waals surface area contributed by atoms with Crippen LogP contribution in [-0.4, -0.2) is 38.6 Å². The smallest absolute Gasteiger partial charge is 0.251 e. The van der Waals surface area contributed by atoms with Crippen LogP contribution in [0, 0.1) is 0 Å². The molecule has 0 heterocycles. The maximum atomic E-state index is 12.3. The molecular weight excluding hydrogens is 250 g/mol. The van der Waals surface area contributed by atoms with Gasteiger partial charge in [-0.15, -0.1) is 0 Å². The predicted molar refractivity (Wildman–Crippen MR) is 72.7 cm³/mol. The van der Waals surface area contributed by atoms with Crippen LogP contribution in [0.3, 0.4) is 0 Å². The average molecular weight is 272 g/mol. The van der Waals surface area contributed by atoms with Crippen LogP contribution < -0.4 is 10.1 Å². The van der Waals surface area contributed by atoms with Gasteiger partial charge in [0.25, 0.3) is 6.43 Å². The van der Waals surface area contributed by atoms with Crippen LogP contribution in [0.5, 0.6) is 5.75 Å². The van der Waals surface area contributed by atoms with Gasteiger partial charge in [-0.1, -0.05) is 13.0 Å². The Morgan fingerprint density at radius 1 is 1.37 bits per heavy atom. The number of benzene rings is 1. The van der Waals surface area contributed by atoms with Gasteiger partial charge in [0.2, 0.25) is 0 Å². The molecule has 108 valence electrons. The second kappa shape index (κ2) is 8.07. The summed E-state index contributed by atoms with van der Waals surface area (Å²) in [5.74, 6) is 0.737. The van der Waals surface area contributed by atoms with Crippen molar-refractivity contribution < 1.29 is 13.5 Å². The molecule has 0 saturated carbocycles. The van der Waals surface area contributed by atoms with E-state index in [4.69, 9.17) is 4.74 Å². The minimum absolute atomic E-state index is 0.236. The molecule has 1 aromatic rings. The van der Waals surface area contributed by atoms with Gasteiger partial charge in [-0.3, -0.25) is 4.90 Å². The number of nitrogens with zero attached hydrogens (tertiary/aromatic N) is 1. The Morgan fingerprint density at radius 2 is 2.11 bits per heavy atom. The topological polar surface area (TPSA) is 24.5 Å². The summed E-state index contributed by atoms with van der Waals surface area (Å²) in [4.78, 5) is 1.60. The number of hydrogen-bond donors (Lipinski definition) is 1. The monoisotopic (exact) mass is 272 g/mol. The van der Waals surface area contributed by atoms with Gasteiger partial charge in [0.1, 0.15) is 5.75 Å². The highest BCUT2D eigenvalue weighted by Crippen LogP contribution is 2.21. The normalized spacial score (nSPS) is 11.3. The Morgan fingerprint density at radius 3 is 2.68 bits per heavy atom. The van der Waals surface area contributed by atoms with Gasteiger partial charge in [0.15, 0.2) is 0 Å². The second-order valence-electron chi connectivity index (χ2n) is 4.51. The highest BCUT2D eigenvalue weighted by molar-refractivity contribution is 5.37. The number of ether oxygens (including phenoxy) is 1. The summed E-state index contributed by atoms with van der Waals surface area (Å²) in [6.07, 6.45) is -2.32. The summed E-state index contributed by atoms with van der Waals surface area (Å²) in [5, 5.41) is 3.24. The fourth-order valence-electron chi connectivity index (χ4n) is 1.93. The molecule has 0 bridgehead atoms. The molecule has 1 rings (SSSR count). The van der Waals surface area contributed by atoms with Gasteiger partial charge in [-0.25, -0.2) is 8.78 Å². The zero-order chi connectivity index (χ0) is 14.3. The summed E-state index contributed by atoms with van der Waals surface area (Å²) < 4.78 is 29.9. The van der Waals surface area contributed by atoms with E-state index in [1.165, 1.54) is 0 Å². The van der Waals surface area contributed by atoms with E-state index in [9.17, 15) is 8.78 Å². The van der Waals surface area contributed by atoms with E-state index < -0.39 is 6.43 Å². The molecule has 0 radical (unpaired) electrons. The van der Waals surface area contributed by atoms with Crippen molar-refractivity contribution in [1.82, 2.24) is 10.2 Å². The maximum absolute atomic E-state index is 12.3. The minimum Gasteiger partial charge on any atom is -0.496 e. The fourth-order valence-corrected chi connectivity index (χ4v) is 1.93. The third-order valence-electron chi connectivity index (χ3n) is 2.81. The zero-order valence-electron chi connectivity index (χ0n) is 11.7. The Hall–Kier alpha value is -1.20. The fraction of sp³-hybridized carbons (Fsp3) is 0.571. The van der Waals surface area contributed by atoms with E-state index >= 15 is 0 Å². The lowest BCUT2D eigenvalue weighted by Crippen LogP contribution is -2.24. The van der Waals surface area contributed by atoms with Crippen molar-refractivity contribution in [2.45, 2.75) is 26.4 Å². The third-order valence-corrected chi connectivity index (χ3v) is 2.81. The molecule has 0 aliphatic rings. The van der Waals surface area contributed by atoms with Crippen molar-refractivity contribution in [3.63, 3.8) is 0 Å². The van der Waals surface area contributed by atoms with Crippen LogP contribution in [0.15, 0.2) is 18.2 Å². The lowest BCUT2D eigenvalue weighted by molar-refractivity contribution is 0.0972. The van der Waals surface area contributed by atoms with Crippen molar-refractivity contribution in [3.05, 3.63) is 29.3 Å². The van der Waals surface area contributed by atoms with E-state index in [1.807, 2.05) is 25.1 Å². The van der Waals surface area contributed by atoms with Crippen LogP contribution in [0.2, 0.25) is 0 Å². The van der Waals surface area contributed by atoms with Crippen LogP contribution in [0.1, 0.15) is 18.1 Å². The van der Waals surface area contributed by atoms with Crippen molar-refractivity contribution in [3.8, 4) is 5.75 Å². The molecular formula is C14H22F2N2O. The average Bonchev–Trinajstić information content (AvgIpc) is 2.35. The minimum atomic E-state index is -2.32. The van der Waals surface area contributed by atoms with E-state index in [0.717, 1.165) is 30.0 Å². The van der Waals surface area contributed by atoms with Crippen LogP contribution in [0.4, 0.5) is 8.78 Å². The molecule has 0 unspecified atom stereocenters. The van der Waals surface area contributed by atoms with Gasteiger partial charge in [-0.2, -0.15) is 0 Å². The maximum Gasteiger partial charge on any atom is 0.251 e. The molecule has 0 atom stereocenters.